The van der Waals surface area contributed by atoms with Gasteiger partial charge in [0.1, 0.15) is 5.82 Å². The van der Waals surface area contributed by atoms with E-state index in [0.717, 1.165) is 31.7 Å². The number of rotatable bonds is 5. The van der Waals surface area contributed by atoms with Crippen molar-refractivity contribution in [3.05, 3.63) is 23.9 Å². The van der Waals surface area contributed by atoms with Crippen LogP contribution in [-0.4, -0.2) is 43.6 Å². The van der Waals surface area contributed by atoms with Crippen LogP contribution in [0.2, 0.25) is 0 Å². The van der Waals surface area contributed by atoms with E-state index in [0.29, 0.717) is 5.56 Å². The maximum Gasteiger partial charge on any atom is 0.307 e. The molecular formula is C14H19N3O3. The van der Waals surface area contributed by atoms with E-state index >= 15 is 0 Å². The number of carbonyl (C=O) groups excluding carboxylic acids is 2. The lowest BCUT2D eigenvalue weighted by Gasteiger charge is -2.19. The Bertz CT molecular complexity index is 484. The third-order valence-corrected chi connectivity index (χ3v) is 3.28. The fourth-order valence-electron chi connectivity index (χ4n) is 2.23. The van der Waals surface area contributed by atoms with Crippen molar-refractivity contribution in [2.45, 2.75) is 19.3 Å². The van der Waals surface area contributed by atoms with Crippen molar-refractivity contribution >= 4 is 17.7 Å². The quantitative estimate of drug-likeness (QED) is 0.812. The van der Waals surface area contributed by atoms with Gasteiger partial charge < -0.3 is 15.0 Å². The first kappa shape index (κ1) is 14.3. The van der Waals surface area contributed by atoms with Crippen LogP contribution in [0.25, 0.3) is 0 Å². The Morgan fingerprint density at radius 1 is 1.40 bits per heavy atom. The van der Waals surface area contributed by atoms with Gasteiger partial charge in [0.2, 0.25) is 0 Å². The molecule has 0 bridgehead atoms. The number of amides is 1. The molecule has 0 aromatic carbocycles. The summed E-state index contributed by atoms with van der Waals surface area (Å²) in [4.78, 5) is 29.6. The van der Waals surface area contributed by atoms with Crippen LogP contribution in [0.3, 0.4) is 0 Å². The van der Waals surface area contributed by atoms with Gasteiger partial charge in [-0.1, -0.05) is 0 Å². The summed E-state index contributed by atoms with van der Waals surface area (Å²) < 4.78 is 4.53. The van der Waals surface area contributed by atoms with Gasteiger partial charge in [0.05, 0.1) is 19.1 Å². The van der Waals surface area contributed by atoms with Gasteiger partial charge in [-0.3, -0.25) is 9.59 Å². The van der Waals surface area contributed by atoms with E-state index in [2.05, 4.69) is 19.9 Å². The molecule has 1 N–H and O–H groups in total. The Morgan fingerprint density at radius 3 is 2.85 bits per heavy atom. The molecule has 1 aromatic heterocycles. The molecule has 0 atom stereocenters. The maximum atomic E-state index is 12.2. The maximum absolute atomic E-state index is 12.2. The standard InChI is InChI=1S/C14H19N3O3/c1-20-12(18)6-8-16-14(19)11-5-4-7-15-13(11)17-9-2-3-10-17/h4-5,7H,2-3,6,8-10H2,1H3,(H,16,19). The van der Waals surface area contributed by atoms with Crippen LogP contribution in [-0.2, 0) is 9.53 Å². The molecule has 108 valence electrons. The summed E-state index contributed by atoms with van der Waals surface area (Å²) in [5.41, 5.74) is 0.555. The number of hydrogen-bond acceptors (Lipinski definition) is 5. The van der Waals surface area contributed by atoms with E-state index in [4.69, 9.17) is 0 Å². The number of carbonyl (C=O) groups is 2. The molecule has 1 fully saturated rings. The molecule has 0 saturated carbocycles. The van der Waals surface area contributed by atoms with Crippen molar-refractivity contribution in [3.8, 4) is 0 Å². The van der Waals surface area contributed by atoms with Gasteiger partial charge in [-0.2, -0.15) is 0 Å². The number of methoxy groups -OCH3 is 1. The number of esters is 1. The molecule has 2 rings (SSSR count). The minimum atomic E-state index is -0.337. The fraction of sp³-hybridized carbons (Fsp3) is 0.500. The third kappa shape index (κ3) is 3.46. The Balaban J connectivity index is 2.00. The van der Waals surface area contributed by atoms with Crippen LogP contribution in [0.1, 0.15) is 29.6 Å². The van der Waals surface area contributed by atoms with Gasteiger partial charge in [0, 0.05) is 25.8 Å². The topological polar surface area (TPSA) is 71.5 Å². The molecule has 2 heterocycles. The highest BCUT2D eigenvalue weighted by molar-refractivity contribution is 5.99. The fourth-order valence-corrected chi connectivity index (χ4v) is 2.23. The van der Waals surface area contributed by atoms with Crippen molar-refractivity contribution in [3.63, 3.8) is 0 Å². The zero-order valence-corrected chi connectivity index (χ0v) is 11.6. The summed E-state index contributed by atoms with van der Waals surface area (Å²) in [6, 6.07) is 3.50. The van der Waals surface area contributed by atoms with Crippen LogP contribution < -0.4 is 10.2 Å². The number of aromatic nitrogens is 1. The second kappa shape index (κ2) is 6.88. The summed E-state index contributed by atoms with van der Waals surface area (Å²) in [6.45, 7) is 2.12. The average molecular weight is 277 g/mol. The number of ether oxygens (including phenoxy) is 1. The van der Waals surface area contributed by atoms with Crippen LogP contribution in [0.5, 0.6) is 0 Å². The van der Waals surface area contributed by atoms with E-state index < -0.39 is 0 Å². The van der Waals surface area contributed by atoms with E-state index in [1.165, 1.54) is 7.11 Å². The van der Waals surface area contributed by atoms with Gasteiger partial charge >= 0.3 is 5.97 Å². The van der Waals surface area contributed by atoms with Crippen molar-refractivity contribution in [2.24, 2.45) is 0 Å². The molecule has 0 aliphatic carbocycles. The van der Waals surface area contributed by atoms with E-state index in [9.17, 15) is 9.59 Å². The monoisotopic (exact) mass is 277 g/mol. The largest absolute Gasteiger partial charge is 0.469 e. The molecule has 0 unspecified atom stereocenters. The van der Waals surface area contributed by atoms with Gasteiger partial charge in [0.15, 0.2) is 0 Å². The molecule has 1 amide bonds. The average Bonchev–Trinajstić information content (AvgIpc) is 3.01. The van der Waals surface area contributed by atoms with Gasteiger partial charge in [-0.05, 0) is 25.0 Å². The summed E-state index contributed by atoms with van der Waals surface area (Å²) in [5.74, 6) is 0.181. The smallest absolute Gasteiger partial charge is 0.307 e. The summed E-state index contributed by atoms with van der Waals surface area (Å²) >= 11 is 0. The van der Waals surface area contributed by atoms with Crippen molar-refractivity contribution in [2.75, 3.05) is 31.6 Å². The predicted molar refractivity (Wildman–Crippen MR) is 74.7 cm³/mol. The highest BCUT2D eigenvalue weighted by Gasteiger charge is 2.20. The molecule has 20 heavy (non-hydrogen) atoms. The summed E-state index contributed by atoms with van der Waals surface area (Å²) in [5, 5.41) is 2.72. The second-order valence-corrected chi connectivity index (χ2v) is 4.65. The van der Waals surface area contributed by atoms with Crippen molar-refractivity contribution in [1.82, 2.24) is 10.3 Å². The summed E-state index contributed by atoms with van der Waals surface area (Å²) in [7, 11) is 1.33. The Morgan fingerprint density at radius 2 is 2.15 bits per heavy atom. The molecule has 1 aromatic rings. The van der Waals surface area contributed by atoms with Crippen molar-refractivity contribution in [1.29, 1.82) is 0 Å². The third-order valence-electron chi connectivity index (χ3n) is 3.28. The van der Waals surface area contributed by atoms with Crippen LogP contribution in [0.4, 0.5) is 5.82 Å². The van der Waals surface area contributed by atoms with Gasteiger partial charge in [0.25, 0.3) is 5.91 Å². The van der Waals surface area contributed by atoms with E-state index in [1.54, 1.807) is 18.3 Å². The van der Waals surface area contributed by atoms with Crippen LogP contribution in [0.15, 0.2) is 18.3 Å². The van der Waals surface area contributed by atoms with Gasteiger partial charge in [-0.15, -0.1) is 0 Å². The van der Waals surface area contributed by atoms with E-state index in [-0.39, 0.29) is 24.8 Å². The number of nitrogens with one attached hydrogen (secondary N) is 1. The Hall–Kier alpha value is -2.11. The normalized spacial score (nSPS) is 14.2. The molecular weight excluding hydrogens is 258 g/mol. The lowest BCUT2D eigenvalue weighted by atomic mass is 10.2. The Labute approximate surface area is 118 Å². The minimum Gasteiger partial charge on any atom is -0.469 e. The number of pyridine rings is 1. The van der Waals surface area contributed by atoms with Crippen LogP contribution >= 0.6 is 0 Å². The molecule has 1 saturated heterocycles. The molecule has 0 radical (unpaired) electrons. The SMILES string of the molecule is COC(=O)CCNC(=O)c1cccnc1N1CCCC1. The number of anilines is 1. The van der Waals surface area contributed by atoms with Gasteiger partial charge in [-0.25, -0.2) is 4.98 Å². The first-order valence-electron chi connectivity index (χ1n) is 6.77. The number of hydrogen-bond donors (Lipinski definition) is 1. The molecule has 1 aliphatic heterocycles. The lowest BCUT2D eigenvalue weighted by molar-refractivity contribution is -0.140. The first-order chi connectivity index (χ1) is 9.72. The van der Waals surface area contributed by atoms with Crippen LogP contribution in [0, 0.1) is 0 Å². The molecule has 6 nitrogen and oxygen atoms in total. The second-order valence-electron chi connectivity index (χ2n) is 4.65. The molecule has 1 aliphatic rings. The zero-order valence-electron chi connectivity index (χ0n) is 11.6. The zero-order chi connectivity index (χ0) is 14.4. The number of nitrogens with zero attached hydrogens (tertiary/aromatic N) is 2. The Kier molecular flexibility index (Phi) is 4.92. The highest BCUT2D eigenvalue weighted by atomic mass is 16.5. The predicted octanol–water partition coefficient (Wildman–Crippen LogP) is 0.975. The highest BCUT2D eigenvalue weighted by Crippen LogP contribution is 2.21. The molecule has 6 heteroatoms. The molecule has 0 spiro atoms. The lowest BCUT2D eigenvalue weighted by Crippen LogP contribution is -2.29. The van der Waals surface area contributed by atoms with Crippen molar-refractivity contribution < 1.29 is 14.3 Å². The van der Waals surface area contributed by atoms with E-state index in [1.807, 2.05) is 0 Å². The summed E-state index contributed by atoms with van der Waals surface area (Å²) in [6.07, 6.45) is 4.11. The first-order valence-corrected chi connectivity index (χ1v) is 6.77. The minimum absolute atomic E-state index is 0.168.